The molecule has 2 nitrogen and oxygen atoms in total. The number of aromatic nitrogens is 1. The Hall–Kier alpha value is -1.64. The Kier molecular flexibility index (Phi) is 3.60. The van der Waals surface area contributed by atoms with Gasteiger partial charge in [-0.3, -0.25) is 0 Å². The van der Waals surface area contributed by atoms with Gasteiger partial charge in [-0.1, -0.05) is 41.4 Å². The Morgan fingerprint density at radius 1 is 1.05 bits per heavy atom. The van der Waals surface area contributed by atoms with Crippen LogP contribution in [0.1, 0.15) is 5.69 Å². The van der Waals surface area contributed by atoms with Crippen molar-refractivity contribution in [3.8, 4) is 5.75 Å². The normalized spacial score (nSPS) is 10.9. The van der Waals surface area contributed by atoms with E-state index in [0.717, 1.165) is 5.69 Å². The molecule has 0 aliphatic carbocycles. The molecule has 0 amide bonds. The molecule has 1 aromatic heterocycles. The molecule has 0 N–H and O–H groups in total. The molecule has 102 valence electrons. The summed E-state index contributed by atoms with van der Waals surface area (Å²) in [7, 11) is 2.03. The Balaban J connectivity index is 1.85. The van der Waals surface area contributed by atoms with Crippen molar-refractivity contribution >= 4 is 34.1 Å². The highest BCUT2D eigenvalue weighted by atomic mass is 35.5. The van der Waals surface area contributed by atoms with Gasteiger partial charge in [0.2, 0.25) is 0 Å². The summed E-state index contributed by atoms with van der Waals surface area (Å²) < 4.78 is 7.90. The van der Waals surface area contributed by atoms with Gasteiger partial charge in [0.05, 0.1) is 10.7 Å². The lowest BCUT2D eigenvalue weighted by atomic mass is 10.2. The zero-order chi connectivity index (χ0) is 14.1. The van der Waals surface area contributed by atoms with Crippen molar-refractivity contribution in [2.75, 3.05) is 0 Å². The number of rotatable bonds is 3. The minimum atomic E-state index is 0.465. The maximum Gasteiger partial charge on any atom is 0.138 e. The molecule has 0 spiro atoms. The fraction of sp³-hybridized carbons (Fsp3) is 0.125. The van der Waals surface area contributed by atoms with Crippen LogP contribution in [0.25, 0.3) is 10.9 Å². The first kappa shape index (κ1) is 13.3. The lowest BCUT2D eigenvalue weighted by Gasteiger charge is -2.09. The maximum atomic E-state index is 6.10. The number of ether oxygens (including phenoxy) is 1. The Bertz CT molecular complexity index is 764. The largest absolute Gasteiger partial charge is 0.486 e. The number of fused-ring (bicyclic) bond motifs is 1. The van der Waals surface area contributed by atoms with E-state index in [-0.39, 0.29) is 0 Å². The highest BCUT2D eigenvalue weighted by molar-refractivity contribution is 6.35. The van der Waals surface area contributed by atoms with Crippen LogP contribution < -0.4 is 4.74 Å². The molecule has 3 rings (SSSR count). The van der Waals surface area contributed by atoms with Crippen LogP contribution in [0.2, 0.25) is 10.0 Å². The number of nitrogens with zero attached hydrogens (tertiary/aromatic N) is 1. The van der Waals surface area contributed by atoms with E-state index in [4.69, 9.17) is 27.9 Å². The predicted octanol–water partition coefficient (Wildman–Crippen LogP) is 5.06. The molecule has 20 heavy (non-hydrogen) atoms. The second-order valence-corrected chi connectivity index (χ2v) is 5.46. The third-order valence-corrected chi connectivity index (χ3v) is 3.85. The van der Waals surface area contributed by atoms with Crippen molar-refractivity contribution in [1.29, 1.82) is 0 Å². The fourth-order valence-electron chi connectivity index (χ4n) is 2.23. The highest BCUT2D eigenvalue weighted by Crippen LogP contribution is 2.28. The lowest BCUT2D eigenvalue weighted by Crippen LogP contribution is -2.01. The lowest BCUT2D eigenvalue weighted by molar-refractivity contribution is 0.298. The van der Waals surface area contributed by atoms with Gasteiger partial charge in [-0.25, -0.2) is 0 Å². The Morgan fingerprint density at radius 2 is 1.85 bits per heavy atom. The molecule has 4 heteroatoms. The molecular weight excluding hydrogens is 293 g/mol. The van der Waals surface area contributed by atoms with E-state index in [0.29, 0.717) is 22.4 Å². The minimum absolute atomic E-state index is 0.465. The molecule has 3 aromatic rings. The van der Waals surface area contributed by atoms with Crippen LogP contribution in [0.5, 0.6) is 5.75 Å². The van der Waals surface area contributed by atoms with Crippen molar-refractivity contribution in [2.45, 2.75) is 6.61 Å². The summed E-state index contributed by atoms with van der Waals surface area (Å²) in [4.78, 5) is 0. The van der Waals surface area contributed by atoms with Crippen molar-refractivity contribution in [3.05, 3.63) is 64.3 Å². The van der Waals surface area contributed by atoms with Crippen LogP contribution in [0, 0.1) is 0 Å². The highest BCUT2D eigenvalue weighted by Gasteiger charge is 2.07. The van der Waals surface area contributed by atoms with Crippen LogP contribution in [0.3, 0.4) is 0 Å². The fourth-order valence-corrected chi connectivity index (χ4v) is 2.69. The summed E-state index contributed by atoms with van der Waals surface area (Å²) in [5, 5.41) is 2.33. The molecule has 0 aliphatic heterocycles. The van der Waals surface area contributed by atoms with Crippen LogP contribution in [-0.4, -0.2) is 4.57 Å². The number of benzene rings is 2. The van der Waals surface area contributed by atoms with Gasteiger partial charge in [-0.15, -0.1) is 0 Å². The summed E-state index contributed by atoms with van der Waals surface area (Å²) in [5.74, 6) is 0.640. The van der Waals surface area contributed by atoms with Crippen LogP contribution in [-0.2, 0) is 13.7 Å². The molecule has 0 saturated carbocycles. The molecule has 0 bridgehead atoms. The summed E-state index contributed by atoms with van der Waals surface area (Å²) in [5.41, 5.74) is 2.28. The van der Waals surface area contributed by atoms with Crippen molar-refractivity contribution in [3.63, 3.8) is 0 Å². The van der Waals surface area contributed by atoms with Gasteiger partial charge in [0.1, 0.15) is 12.4 Å². The smallest absolute Gasteiger partial charge is 0.138 e. The minimum Gasteiger partial charge on any atom is -0.486 e. The first-order chi connectivity index (χ1) is 9.65. The predicted molar refractivity (Wildman–Crippen MR) is 83.7 cm³/mol. The molecule has 1 heterocycles. The van der Waals surface area contributed by atoms with Gasteiger partial charge < -0.3 is 9.30 Å². The standard InChI is InChI=1S/C16H13Cl2NO/c1-19-13(8-11-4-2-3-5-15(11)19)10-20-16-7-6-12(17)9-14(16)18/h2-9H,10H2,1H3. The van der Waals surface area contributed by atoms with E-state index in [1.54, 1.807) is 18.2 Å². The maximum absolute atomic E-state index is 6.10. The van der Waals surface area contributed by atoms with E-state index in [2.05, 4.69) is 22.8 Å². The number of aryl methyl sites for hydroxylation is 1. The topological polar surface area (TPSA) is 14.2 Å². The molecule has 0 unspecified atom stereocenters. The summed E-state index contributed by atoms with van der Waals surface area (Å²) >= 11 is 12.0. The van der Waals surface area contributed by atoms with Gasteiger partial charge in [0.25, 0.3) is 0 Å². The summed E-state index contributed by atoms with van der Waals surface area (Å²) in [6, 6.07) is 15.6. The quantitative estimate of drug-likeness (QED) is 0.659. The second-order valence-electron chi connectivity index (χ2n) is 4.62. The van der Waals surface area contributed by atoms with E-state index in [1.165, 1.54) is 10.9 Å². The van der Waals surface area contributed by atoms with E-state index in [1.807, 2.05) is 19.2 Å². The average molecular weight is 306 g/mol. The SMILES string of the molecule is Cn1c(COc2ccc(Cl)cc2Cl)cc2ccccc21. The Morgan fingerprint density at radius 3 is 2.60 bits per heavy atom. The van der Waals surface area contributed by atoms with E-state index < -0.39 is 0 Å². The Labute approximate surface area is 127 Å². The third kappa shape index (κ3) is 2.49. The van der Waals surface area contributed by atoms with Crippen molar-refractivity contribution < 1.29 is 4.74 Å². The van der Waals surface area contributed by atoms with E-state index >= 15 is 0 Å². The number of hydrogen-bond acceptors (Lipinski definition) is 1. The zero-order valence-electron chi connectivity index (χ0n) is 10.9. The molecule has 0 aliphatic rings. The van der Waals surface area contributed by atoms with E-state index in [9.17, 15) is 0 Å². The molecular formula is C16H13Cl2NO. The number of para-hydroxylation sites is 1. The van der Waals surface area contributed by atoms with Crippen LogP contribution >= 0.6 is 23.2 Å². The summed E-state index contributed by atoms with van der Waals surface area (Å²) in [6.45, 7) is 0.465. The molecule has 0 saturated heterocycles. The average Bonchev–Trinajstić information content (AvgIpc) is 2.75. The van der Waals surface area contributed by atoms with Gasteiger partial charge in [-0.05, 0) is 35.7 Å². The number of hydrogen-bond donors (Lipinski definition) is 0. The summed E-state index contributed by atoms with van der Waals surface area (Å²) in [6.07, 6.45) is 0. The van der Waals surface area contributed by atoms with Crippen LogP contribution in [0.15, 0.2) is 48.5 Å². The monoisotopic (exact) mass is 305 g/mol. The van der Waals surface area contributed by atoms with Gasteiger partial charge in [0.15, 0.2) is 0 Å². The first-order valence-corrected chi connectivity index (χ1v) is 7.02. The van der Waals surface area contributed by atoms with Crippen molar-refractivity contribution in [2.24, 2.45) is 7.05 Å². The molecule has 0 radical (unpaired) electrons. The van der Waals surface area contributed by atoms with Gasteiger partial charge in [0, 0.05) is 17.6 Å². The van der Waals surface area contributed by atoms with Crippen molar-refractivity contribution in [1.82, 2.24) is 4.57 Å². The molecule has 2 aromatic carbocycles. The van der Waals surface area contributed by atoms with Gasteiger partial charge in [-0.2, -0.15) is 0 Å². The van der Waals surface area contributed by atoms with Gasteiger partial charge >= 0.3 is 0 Å². The molecule has 0 fully saturated rings. The first-order valence-electron chi connectivity index (χ1n) is 6.26. The number of halogens is 2. The van der Waals surface area contributed by atoms with Crippen LogP contribution in [0.4, 0.5) is 0 Å². The third-order valence-electron chi connectivity index (χ3n) is 3.32. The zero-order valence-corrected chi connectivity index (χ0v) is 12.4. The molecule has 0 atom stereocenters. The second kappa shape index (κ2) is 5.39.